The largest absolute Gasteiger partial charge is 0.338 e. The van der Waals surface area contributed by atoms with Crippen LogP contribution in [-0.4, -0.2) is 48.9 Å². The van der Waals surface area contributed by atoms with Gasteiger partial charge in [0.05, 0.1) is 5.69 Å². The summed E-state index contributed by atoms with van der Waals surface area (Å²) in [5, 5.41) is 11.1. The third-order valence-corrected chi connectivity index (χ3v) is 4.39. The van der Waals surface area contributed by atoms with Crippen molar-refractivity contribution in [3.05, 3.63) is 60.4 Å². The van der Waals surface area contributed by atoms with Crippen molar-refractivity contribution in [2.24, 2.45) is 0 Å². The van der Waals surface area contributed by atoms with Gasteiger partial charge in [-0.2, -0.15) is 10.2 Å². The third kappa shape index (κ3) is 2.80. The highest BCUT2D eigenvalue weighted by atomic mass is 16.2. The average molecular weight is 322 g/mol. The second kappa shape index (κ2) is 6.27. The van der Waals surface area contributed by atoms with Crippen molar-refractivity contribution in [1.29, 1.82) is 0 Å². The van der Waals surface area contributed by atoms with Crippen LogP contribution >= 0.6 is 0 Å². The van der Waals surface area contributed by atoms with E-state index in [1.165, 1.54) is 6.33 Å². The first kappa shape index (κ1) is 14.6. The van der Waals surface area contributed by atoms with Crippen LogP contribution in [-0.2, 0) is 0 Å². The minimum absolute atomic E-state index is 0.0493. The van der Waals surface area contributed by atoms with Gasteiger partial charge in [-0.25, -0.2) is 9.67 Å². The molecule has 1 fully saturated rings. The molecule has 3 heterocycles. The van der Waals surface area contributed by atoms with Gasteiger partial charge in [0.1, 0.15) is 12.2 Å². The first-order chi connectivity index (χ1) is 11.8. The fraction of sp³-hybridized carbons (Fsp3) is 0.294. The molecule has 0 aliphatic carbocycles. The third-order valence-electron chi connectivity index (χ3n) is 4.39. The van der Waals surface area contributed by atoms with E-state index < -0.39 is 0 Å². The summed E-state index contributed by atoms with van der Waals surface area (Å²) in [6, 6.07) is 9.43. The van der Waals surface area contributed by atoms with Crippen molar-refractivity contribution in [3.63, 3.8) is 0 Å². The summed E-state index contributed by atoms with van der Waals surface area (Å²) in [6.07, 6.45) is 7.09. The van der Waals surface area contributed by atoms with E-state index in [0.29, 0.717) is 12.1 Å². The zero-order valence-corrected chi connectivity index (χ0v) is 13.2. The van der Waals surface area contributed by atoms with Crippen molar-refractivity contribution in [3.8, 4) is 5.69 Å². The van der Waals surface area contributed by atoms with Gasteiger partial charge in [0.15, 0.2) is 0 Å². The molecule has 1 aliphatic heterocycles. The lowest BCUT2D eigenvalue weighted by Gasteiger charge is -2.31. The van der Waals surface area contributed by atoms with E-state index in [0.717, 1.165) is 30.9 Å². The number of carbonyl (C=O) groups excluding carboxylic acids is 1. The van der Waals surface area contributed by atoms with Crippen molar-refractivity contribution in [2.45, 2.75) is 18.8 Å². The Bertz CT molecular complexity index is 811. The number of H-pyrrole nitrogens is 1. The molecule has 24 heavy (non-hydrogen) atoms. The van der Waals surface area contributed by atoms with E-state index in [2.05, 4.69) is 20.3 Å². The highest BCUT2D eigenvalue weighted by molar-refractivity contribution is 5.94. The number of aromatic amines is 1. The molecule has 0 spiro atoms. The Labute approximate surface area is 139 Å². The van der Waals surface area contributed by atoms with Crippen LogP contribution in [0.25, 0.3) is 5.69 Å². The Morgan fingerprint density at radius 2 is 2.25 bits per heavy atom. The van der Waals surface area contributed by atoms with Crippen LogP contribution in [0, 0.1) is 0 Å². The number of likely N-dealkylation sites (tertiary alicyclic amines) is 1. The lowest BCUT2D eigenvalue weighted by Crippen LogP contribution is -2.39. The van der Waals surface area contributed by atoms with Gasteiger partial charge < -0.3 is 4.90 Å². The molecule has 7 heteroatoms. The monoisotopic (exact) mass is 322 g/mol. The topological polar surface area (TPSA) is 79.7 Å². The molecule has 7 nitrogen and oxygen atoms in total. The molecular formula is C17H18N6O. The summed E-state index contributed by atoms with van der Waals surface area (Å²) in [7, 11) is 0. The summed E-state index contributed by atoms with van der Waals surface area (Å²) in [5.74, 6) is 1.13. The van der Waals surface area contributed by atoms with Crippen molar-refractivity contribution in [2.75, 3.05) is 13.1 Å². The molecule has 1 atom stereocenters. The number of nitrogens with zero attached hydrogens (tertiary/aromatic N) is 5. The molecule has 0 bridgehead atoms. The minimum Gasteiger partial charge on any atom is -0.338 e. The number of piperidine rings is 1. The van der Waals surface area contributed by atoms with Crippen LogP contribution in [0.15, 0.2) is 49.1 Å². The van der Waals surface area contributed by atoms with Crippen molar-refractivity contribution in [1.82, 2.24) is 29.9 Å². The SMILES string of the molecule is O=C(c1cccc(-n2cccn2)c1)N1CCCC(c2ncn[nH]2)C1. The maximum Gasteiger partial charge on any atom is 0.253 e. The molecule has 1 saturated heterocycles. The molecule has 3 aromatic rings. The molecule has 1 unspecified atom stereocenters. The number of benzene rings is 1. The van der Waals surface area contributed by atoms with Gasteiger partial charge in [-0.3, -0.25) is 9.89 Å². The standard InChI is InChI=1S/C17H18N6O/c24-17(13-4-1-6-15(10-13)23-9-3-7-20-23)22-8-2-5-14(11-22)16-18-12-19-21-16/h1,3-4,6-7,9-10,12,14H,2,5,8,11H2,(H,18,19,21). The molecule has 1 aromatic carbocycles. The van der Waals surface area contributed by atoms with Gasteiger partial charge in [0.25, 0.3) is 5.91 Å². The normalized spacial score (nSPS) is 17.8. The fourth-order valence-electron chi connectivity index (χ4n) is 3.18. The van der Waals surface area contributed by atoms with Crippen LogP contribution < -0.4 is 0 Å². The fourth-order valence-corrected chi connectivity index (χ4v) is 3.18. The first-order valence-corrected chi connectivity index (χ1v) is 8.06. The number of hydrogen-bond acceptors (Lipinski definition) is 4. The molecule has 0 radical (unpaired) electrons. The van der Waals surface area contributed by atoms with Gasteiger partial charge in [-0.05, 0) is 37.1 Å². The smallest absolute Gasteiger partial charge is 0.253 e. The number of nitrogens with one attached hydrogen (secondary N) is 1. The summed E-state index contributed by atoms with van der Waals surface area (Å²) in [5.41, 5.74) is 1.57. The maximum atomic E-state index is 12.9. The second-order valence-corrected chi connectivity index (χ2v) is 5.96. The van der Waals surface area contributed by atoms with Crippen LogP contribution in [0.1, 0.15) is 34.9 Å². The van der Waals surface area contributed by atoms with Gasteiger partial charge in [-0.15, -0.1) is 0 Å². The Balaban J connectivity index is 1.54. The van der Waals surface area contributed by atoms with E-state index in [1.54, 1.807) is 10.9 Å². The first-order valence-electron chi connectivity index (χ1n) is 8.06. The summed E-state index contributed by atoms with van der Waals surface area (Å²) < 4.78 is 1.75. The Kier molecular flexibility index (Phi) is 3.82. The number of hydrogen-bond donors (Lipinski definition) is 1. The molecular weight excluding hydrogens is 304 g/mol. The number of rotatable bonds is 3. The Morgan fingerprint density at radius 1 is 1.29 bits per heavy atom. The lowest BCUT2D eigenvalue weighted by atomic mass is 9.96. The quantitative estimate of drug-likeness (QED) is 0.800. The van der Waals surface area contributed by atoms with Crippen molar-refractivity contribution >= 4 is 5.91 Å². The second-order valence-electron chi connectivity index (χ2n) is 5.96. The van der Waals surface area contributed by atoms with Gasteiger partial charge >= 0.3 is 0 Å². The van der Waals surface area contributed by atoms with E-state index in [-0.39, 0.29) is 11.8 Å². The number of carbonyl (C=O) groups is 1. The zero-order valence-electron chi connectivity index (χ0n) is 13.2. The molecule has 2 aromatic heterocycles. The highest BCUT2D eigenvalue weighted by Crippen LogP contribution is 2.25. The molecule has 1 N–H and O–H groups in total. The predicted octanol–water partition coefficient (Wildman–Crippen LogP) is 2.01. The van der Waals surface area contributed by atoms with E-state index in [9.17, 15) is 4.79 Å². The summed E-state index contributed by atoms with van der Waals surface area (Å²) in [4.78, 5) is 19.0. The van der Waals surface area contributed by atoms with Crippen LogP contribution in [0.4, 0.5) is 0 Å². The average Bonchev–Trinajstić information content (AvgIpc) is 3.35. The van der Waals surface area contributed by atoms with Crippen LogP contribution in [0.2, 0.25) is 0 Å². The maximum absolute atomic E-state index is 12.9. The van der Waals surface area contributed by atoms with Crippen LogP contribution in [0.5, 0.6) is 0 Å². The molecule has 1 aliphatic rings. The zero-order chi connectivity index (χ0) is 16.4. The summed E-state index contributed by atoms with van der Waals surface area (Å²) in [6.45, 7) is 1.44. The number of aromatic nitrogens is 5. The lowest BCUT2D eigenvalue weighted by molar-refractivity contribution is 0.0704. The Morgan fingerprint density at radius 3 is 3.04 bits per heavy atom. The van der Waals surface area contributed by atoms with E-state index >= 15 is 0 Å². The predicted molar refractivity (Wildman–Crippen MR) is 87.8 cm³/mol. The molecule has 4 rings (SSSR count). The summed E-state index contributed by atoms with van der Waals surface area (Å²) >= 11 is 0. The van der Waals surface area contributed by atoms with E-state index in [1.807, 2.05) is 41.4 Å². The highest BCUT2D eigenvalue weighted by Gasteiger charge is 2.27. The van der Waals surface area contributed by atoms with Crippen molar-refractivity contribution < 1.29 is 4.79 Å². The van der Waals surface area contributed by atoms with Gasteiger partial charge in [0.2, 0.25) is 0 Å². The van der Waals surface area contributed by atoms with E-state index in [4.69, 9.17) is 0 Å². The Hall–Kier alpha value is -2.96. The number of amides is 1. The minimum atomic E-state index is 0.0493. The molecule has 122 valence electrons. The molecule has 1 amide bonds. The van der Waals surface area contributed by atoms with Gasteiger partial charge in [-0.1, -0.05) is 6.07 Å². The van der Waals surface area contributed by atoms with Gasteiger partial charge in [0, 0.05) is 37.0 Å². The molecule has 0 saturated carbocycles. The van der Waals surface area contributed by atoms with Crippen LogP contribution in [0.3, 0.4) is 0 Å².